The predicted molar refractivity (Wildman–Crippen MR) is 142 cm³/mol. The van der Waals surface area contributed by atoms with Gasteiger partial charge in [-0.15, -0.1) is 0 Å². The minimum Gasteiger partial charge on any atom is -0.348 e. The summed E-state index contributed by atoms with van der Waals surface area (Å²) in [4.78, 5) is 34.5. The number of benzene rings is 2. The molecule has 0 bridgehead atoms. The van der Waals surface area contributed by atoms with E-state index in [0.717, 1.165) is 74.6 Å². The lowest BCUT2D eigenvalue weighted by atomic mass is 10.1. The number of hydrogen-bond donors (Lipinski definition) is 0. The maximum absolute atomic E-state index is 13.3. The number of hydrogen-bond acceptors (Lipinski definition) is 4. The smallest absolute Gasteiger partial charge is 0.261 e. The Bertz CT molecular complexity index is 1460. The summed E-state index contributed by atoms with van der Waals surface area (Å²) in [5, 5.41) is 0. The van der Waals surface area contributed by atoms with E-state index in [2.05, 4.69) is 52.8 Å². The fourth-order valence-corrected chi connectivity index (χ4v) is 5.44. The van der Waals surface area contributed by atoms with Gasteiger partial charge in [-0.2, -0.15) is 4.98 Å². The van der Waals surface area contributed by atoms with Gasteiger partial charge in [-0.25, -0.2) is 0 Å². The molecule has 0 radical (unpaired) electrons. The van der Waals surface area contributed by atoms with E-state index < -0.39 is 0 Å². The van der Waals surface area contributed by atoms with Gasteiger partial charge < -0.3 is 14.4 Å². The first-order valence-corrected chi connectivity index (χ1v) is 13.0. The van der Waals surface area contributed by atoms with Gasteiger partial charge in [0.2, 0.25) is 11.7 Å². The summed E-state index contributed by atoms with van der Waals surface area (Å²) in [6.07, 6.45) is 6.69. The van der Waals surface area contributed by atoms with E-state index in [-0.39, 0.29) is 11.5 Å². The molecule has 36 heavy (non-hydrogen) atoms. The molecule has 0 atom stereocenters. The highest BCUT2D eigenvalue weighted by molar-refractivity contribution is 5.95. The third-order valence-corrected chi connectivity index (χ3v) is 7.40. The van der Waals surface area contributed by atoms with Gasteiger partial charge in [0, 0.05) is 50.6 Å². The van der Waals surface area contributed by atoms with Crippen molar-refractivity contribution in [1.29, 1.82) is 0 Å². The average Bonchev–Trinajstić information content (AvgIpc) is 3.61. The van der Waals surface area contributed by atoms with Crippen LogP contribution in [-0.2, 0) is 24.4 Å². The molecule has 1 saturated heterocycles. The number of amides is 1. The van der Waals surface area contributed by atoms with Crippen LogP contribution in [-0.4, -0.2) is 26.4 Å². The summed E-state index contributed by atoms with van der Waals surface area (Å²) in [5.41, 5.74) is 5.42. The summed E-state index contributed by atoms with van der Waals surface area (Å²) < 4.78 is 3.85. The van der Waals surface area contributed by atoms with Crippen molar-refractivity contribution in [1.82, 2.24) is 14.0 Å². The fourth-order valence-electron chi connectivity index (χ4n) is 5.44. The number of nitrogens with zero attached hydrogens (tertiary/aromatic N) is 5. The molecule has 4 aromatic rings. The first-order valence-electron chi connectivity index (χ1n) is 13.0. The lowest BCUT2D eigenvalue weighted by Gasteiger charge is -2.17. The van der Waals surface area contributed by atoms with E-state index in [9.17, 15) is 9.59 Å². The summed E-state index contributed by atoms with van der Waals surface area (Å²) >= 11 is 0. The molecule has 4 heterocycles. The van der Waals surface area contributed by atoms with Crippen LogP contribution in [0.4, 0.5) is 11.5 Å². The number of carbonyl (C=O) groups is 1. The normalized spacial score (nSPS) is 15.3. The largest absolute Gasteiger partial charge is 0.348 e. The Balaban J connectivity index is 1.39. The maximum Gasteiger partial charge on any atom is 0.261 e. The molecule has 0 spiro atoms. The number of aryl methyl sites for hydroxylation is 1. The van der Waals surface area contributed by atoms with E-state index in [1.165, 1.54) is 11.1 Å². The standard InChI is InChI=1S/C29H31N5O2/c1-2-3-6-15-33-25(21-11-13-24(14-12-21)32-16-7-10-27(32)35)20-34-28(36)17-26(30-29(33)34)31-18-22-8-4-5-9-23(22)19-31/h4-5,8-9,11-14,17,20H,2-3,6-7,10,15-16,18-19H2,1H3. The van der Waals surface area contributed by atoms with Crippen LogP contribution in [0.25, 0.3) is 17.0 Å². The number of rotatable bonds is 7. The van der Waals surface area contributed by atoms with Gasteiger partial charge in [0.1, 0.15) is 5.82 Å². The first kappa shape index (κ1) is 22.6. The summed E-state index contributed by atoms with van der Waals surface area (Å²) in [5.74, 6) is 1.59. The second kappa shape index (κ2) is 9.30. The van der Waals surface area contributed by atoms with Crippen LogP contribution in [0, 0.1) is 0 Å². The molecule has 0 aliphatic carbocycles. The summed E-state index contributed by atoms with van der Waals surface area (Å²) in [6.45, 7) is 5.29. The highest BCUT2D eigenvalue weighted by Gasteiger charge is 2.24. The lowest BCUT2D eigenvalue weighted by Crippen LogP contribution is -2.23. The van der Waals surface area contributed by atoms with E-state index in [4.69, 9.17) is 4.98 Å². The topological polar surface area (TPSA) is 62.9 Å². The number of aromatic nitrogens is 3. The lowest BCUT2D eigenvalue weighted by molar-refractivity contribution is -0.117. The molecule has 1 amide bonds. The molecule has 6 rings (SSSR count). The van der Waals surface area contributed by atoms with Crippen molar-refractivity contribution in [2.24, 2.45) is 0 Å². The molecular weight excluding hydrogens is 450 g/mol. The zero-order valence-electron chi connectivity index (χ0n) is 20.7. The molecule has 2 aliphatic rings. The molecule has 0 saturated carbocycles. The number of anilines is 2. The zero-order chi connectivity index (χ0) is 24.6. The summed E-state index contributed by atoms with van der Waals surface area (Å²) in [7, 11) is 0. The van der Waals surface area contributed by atoms with E-state index >= 15 is 0 Å². The minimum absolute atomic E-state index is 0.0688. The van der Waals surface area contributed by atoms with E-state index in [0.29, 0.717) is 12.2 Å². The Morgan fingerprint density at radius 2 is 1.69 bits per heavy atom. The quantitative estimate of drug-likeness (QED) is 0.349. The van der Waals surface area contributed by atoms with Crippen LogP contribution in [0.5, 0.6) is 0 Å². The molecule has 2 aromatic heterocycles. The average molecular weight is 482 g/mol. The predicted octanol–water partition coefficient (Wildman–Crippen LogP) is 5.00. The van der Waals surface area contributed by atoms with Crippen molar-refractivity contribution < 1.29 is 4.79 Å². The molecule has 184 valence electrons. The maximum atomic E-state index is 13.3. The van der Waals surface area contributed by atoms with Crippen LogP contribution < -0.4 is 15.4 Å². The molecule has 0 N–H and O–H groups in total. The van der Waals surface area contributed by atoms with Crippen LogP contribution in [0.2, 0.25) is 0 Å². The fraction of sp³-hybridized carbons (Fsp3) is 0.345. The van der Waals surface area contributed by atoms with Crippen molar-refractivity contribution in [3.63, 3.8) is 0 Å². The third kappa shape index (κ3) is 3.98. The van der Waals surface area contributed by atoms with Crippen LogP contribution in [0.1, 0.15) is 50.2 Å². The molecular formula is C29H31N5O2. The van der Waals surface area contributed by atoms with Gasteiger partial charge in [-0.3, -0.25) is 14.0 Å². The number of imidazole rings is 1. The highest BCUT2D eigenvalue weighted by Crippen LogP contribution is 2.30. The monoisotopic (exact) mass is 481 g/mol. The zero-order valence-corrected chi connectivity index (χ0v) is 20.7. The second-order valence-electron chi connectivity index (χ2n) is 9.82. The van der Waals surface area contributed by atoms with Gasteiger partial charge >= 0.3 is 0 Å². The van der Waals surface area contributed by atoms with Crippen molar-refractivity contribution in [3.05, 3.63) is 82.3 Å². The van der Waals surface area contributed by atoms with Gasteiger partial charge in [0.15, 0.2) is 0 Å². The Morgan fingerprint density at radius 1 is 0.944 bits per heavy atom. The molecule has 7 heteroatoms. The minimum atomic E-state index is -0.0688. The third-order valence-electron chi connectivity index (χ3n) is 7.40. The number of carbonyl (C=O) groups excluding carboxylic acids is 1. The SMILES string of the molecule is CCCCCn1c(-c2ccc(N3CCCC3=O)cc2)cn2c(=O)cc(N3Cc4ccccc4C3)nc12. The Morgan fingerprint density at radius 3 is 2.36 bits per heavy atom. The molecule has 0 unspecified atom stereocenters. The van der Waals surface area contributed by atoms with Crippen molar-refractivity contribution in [2.45, 2.75) is 58.7 Å². The van der Waals surface area contributed by atoms with Crippen LogP contribution in [0.15, 0.2) is 65.6 Å². The Hall–Kier alpha value is -3.87. The van der Waals surface area contributed by atoms with Crippen molar-refractivity contribution in [2.75, 3.05) is 16.3 Å². The van der Waals surface area contributed by atoms with Crippen LogP contribution in [0.3, 0.4) is 0 Å². The molecule has 2 aromatic carbocycles. The molecule has 1 fully saturated rings. The van der Waals surface area contributed by atoms with Crippen molar-refractivity contribution in [3.8, 4) is 11.3 Å². The molecule has 2 aliphatic heterocycles. The molecule has 7 nitrogen and oxygen atoms in total. The second-order valence-corrected chi connectivity index (χ2v) is 9.82. The Labute approximate surface area is 210 Å². The van der Waals surface area contributed by atoms with Crippen molar-refractivity contribution >= 4 is 23.2 Å². The first-order chi connectivity index (χ1) is 17.6. The van der Waals surface area contributed by atoms with Gasteiger partial charge in [-0.1, -0.05) is 56.2 Å². The van der Waals surface area contributed by atoms with Crippen LogP contribution >= 0.6 is 0 Å². The van der Waals surface area contributed by atoms with Gasteiger partial charge in [-0.05, 0) is 41.7 Å². The highest BCUT2D eigenvalue weighted by atomic mass is 16.2. The van der Waals surface area contributed by atoms with Gasteiger partial charge in [0.05, 0.1) is 5.69 Å². The number of unbranched alkanes of at least 4 members (excludes halogenated alkanes) is 2. The van der Waals surface area contributed by atoms with E-state index in [1.807, 2.05) is 23.2 Å². The Kier molecular flexibility index (Phi) is 5.83. The van der Waals surface area contributed by atoms with Gasteiger partial charge in [0.25, 0.3) is 5.56 Å². The summed E-state index contributed by atoms with van der Waals surface area (Å²) in [6, 6.07) is 18.2. The number of fused-ring (bicyclic) bond motifs is 2. The van der Waals surface area contributed by atoms with E-state index in [1.54, 1.807) is 10.5 Å².